The number of pyridine rings is 1. The maximum Gasteiger partial charge on any atom is 0.243 e. The number of ether oxygens (including phenoxy) is 2. The minimum atomic E-state index is -4.11. The lowest BCUT2D eigenvalue weighted by Crippen LogP contribution is -2.24. The van der Waals surface area contributed by atoms with Crippen LogP contribution in [0.1, 0.15) is 17.6 Å². The van der Waals surface area contributed by atoms with Gasteiger partial charge >= 0.3 is 0 Å². The van der Waals surface area contributed by atoms with E-state index in [1.807, 2.05) is 0 Å². The number of aliphatic hydroxyl groups excluding tert-OH is 1. The van der Waals surface area contributed by atoms with Crippen LogP contribution in [0.4, 0.5) is 5.95 Å². The van der Waals surface area contributed by atoms with Gasteiger partial charge in [0.15, 0.2) is 5.76 Å². The molecule has 0 aliphatic carbocycles. The second-order valence-electron chi connectivity index (χ2n) is 7.40. The number of aliphatic hydroxyl groups is 1. The first-order chi connectivity index (χ1) is 16.7. The van der Waals surface area contributed by atoms with Gasteiger partial charge in [0, 0.05) is 10.7 Å². The summed E-state index contributed by atoms with van der Waals surface area (Å²) >= 11 is 3.26. The number of sulfonamides is 1. The van der Waals surface area contributed by atoms with Crippen molar-refractivity contribution in [3.05, 3.63) is 64.6 Å². The van der Waals surface area contributed by atoms with E-state index in [1.165, 1.54) is 31.0 Å². The highest BCUT2D eigenvalue weighted by Crippen LogP contribution is 2.38. The van der Waals surface area contributed by atoms with Gasteiger partial charge in [0.2, 0.25) is 21.8 Å². The van der Waals surface area contributed by atoms with Gasteiger partial charge in [-0.1, -0.05) is 6.07 Å². The van der Waals surface area contributed by atoms with E-state index >= 15 is 0 Å². The van der Waals surface area contributed by atoms with Gasteiger partial charge < -0.3 is 19.0 Å². The monoisotopic (exact) mass is 563 g/mol. The van der Waals surface area contributed by atoms with E-state index in [2.05, 4.69) is 35.8 Å². The van der Waals surface area contributed by atoms with Crippen molar-refractivity contribution in [2.75, 3.05) is 24.7 Å². The molecule has 0 bridgehead atoms. The molecule has 4 rings (SSSR count). The molecule has 3 heterocycles. The SMILES string of the molecule is COc1cccc(OC)c1-n1c(NS(=O)(=O)C[C@H](O)c2ccc(Br)cn2)nnc1-c1ccc(C)o1. The minimum Gasteiger partial charge on any atom is -0.494 e. The number of hydrogen-bond acceptors (Lipinski definition) is 9. The molecular weight excluding hydrogens is 542 g/mol. The van der Waals surface area contributed by atoms with Gasteiger partial charge in [-0.2, -0.15) is 0 Å². The molecule has 1 atom stereocenters. The first-order valence-corrected chi connectivity index (χ1v) is 12.7. The molecule has 0 fully saturated rings. The number of furan rings is 1. The van der Waals surface area contributed by atoms with Crippen LogP contribution < -0.4 is 14.2 Å². The summed E-state index contributed by atoms with van der Waals surface area (Å²) in [5.41, 5.74) is 0.567. The van der Waals surface area contributed by atoms with Gasteiger partial charge in [-0.15, -0.1) is 10.2 Å². The number of rotatable bonds is 9. The Bertz CT molecular complexity index is 1410. The van der Waals surface area contributed by atoms with E-state index < -0.39 is 21.9 Å². The van der Waals surface area contributed by atoms with Crippen molar-refractivity contribution < 1.29 is 27.4 Å². The van der Waals surface area contributed by atoms with Crippen molar-refractivity contribution in [3.63, 3.8) is 0 Å². The van der Waals surface area contributed by atoms with Gasteiger partial charge in [0.05, 0.1) is 19.9 Å². The maximum atomic E-state index is 13.0. The Balaban J connectivity index is 1.77. The molecule has 184 valence electrons. The zero-order valence-electron chi connectivity index (χ0n) is 19.0. The third-order valence-corrected chi connectivity index (χ3v) is 6.68. The van der Waals surface area contributed by atoms with Crippen LogP contribution in [0.15, 0.2) is 57.6 Å². The molecule has 0 aliphatic heterocycles. The average Bonchev–Trinajstić information content (AvgIpc) is 3.43. The molecule has 0 unspecified atom stereocenters. The summed E-state index contributed by atoms with van der Waals surface area (Å²) in [7, 11) is -1.16. The number of benzene rings is 1. The molecular formula is C22H22BrN5O6S. The molecule has 1 aromatic carbocycles. The van der Waals surface area contributed by atoms with Crippen LogP contribution in [0.25, 0.3) is 17.3 Å². The molecule has 2 N–H and O–H groups in total. The number of aromatic nitrogens is 4. The number of halogens is 1. The summed E-state index contributed by atoms with van der Waals surface area (Å²) < 4.78 is 47.3. The van der Waals surface area contributed by atoms with Crippen LogP contribution in [0.2, 0.25) is 0 Å². The number of hydrogen-bond donors (Lipinski definition) is 2. The zero-order valence-corrected chi connectivity index (χ0v) is 21.4. The summed E-state index contributed by atoms with van der Waals surface area (Å²) in [6.07, 6.45) is 0.103. The molecule has 0 saturated carbocycles. The lowest BCUT2D eigenvalue weighted by atomic mass is 10.2. The van der Waals surface area contributed by atoms with Crippen molar-refractivity contribution in [2.45, 2.75) is 13.0 Å². The fourth-order valence-corrected chi connectivity index (χ4v) is 4.70. The topological polar surface area (TPSA) is 142 Å². The van der Waals surface area contributed by atoms with E-state index in [-0.39, 0.29) is 17.5 Å². The van der Waals surface area contributed by atoms with E-state index in [0.29, 0.717) is 33.2 Å². The number of methoxy groups -OCH3 is 2. The molecule has 0 saturated heterocycles. The highest BCUT2D eigenvalue weighted by atomic mass is 79.9. The number of para-hydroxylation sites is 1. The molecule has 0 aliphatic rings. The molecule has 0 amide bonds. The van der Waals surface area contributed by atoms with Crippen LogP contribution in [-0.4, -0.2) is 53.2 Å². The Kier molecular flexibility index (Phi) is 7.10. The van der Waals surface area contributed by atoms with Gasteiger partial charge in [-0.05, 0) is 59.3 Å². The van der Waals surface area contributed by atoms with Crippen LogP contribution in [-0.2, 0) is 10.0 Å². The second kappa shape index (κ2) is 10.1. The zero-order chi connectivity index (χ0) is 25.2. The summed E-state index contributed by atoms with van der Waals surface area (Å²) in [6, 6.07) is 11.7. The van der Waals surface area contributed by atoms with Crippen molar-refractivity contribution >= 4 is 31.9 Å². The molecule has 35 heavy (non-hydrogen) atoms. The van der Waals surface area contributed by atoms with Crippen molar-refractivity contribution in [1.82, 2.24) is 19.7 Å². The lowest BCUT2D eigenvalue weighted by molar-refractivity contribution is 0.197. The van der Waals surface area contributed by atoms with Crippen molar-refractivity contribution in [2.24, 2.45) is 0 Å². The van der Waals surface area contributed by atoms with E-state index in [4.69, 9.17) is 13.9 Å². The Morgan fingerprint density at radius 3 is 2.40 bits per heavy atom. The van der Waals surface area contributed by atoms with E-state index in [9.17, 15) is 13.5 Å². The third kappa shape index (κ3) is 5.31. The highest BCUT2D eigenvalue weighted by Gasteiger charge is 2.28. The fourth-order valence-electron chi connectivity index (χ4n) is 3.39. The normalized spacial score (nSPS) is 12.4. The lowest BCUT2D eigenvalue weighted by Gasteiger charge is -2.17. The van der Waals surface area contributed by atoms with Crippen molar-refractivity contribution in [1.29, 1.82) is 0 Å². The molecule has 0 radical (unpaired) electrons. The van der Waals surface area contributed by atoms with Gasteiger partial charge in [-0.25, -0.2) is 8.42 Å². The largest absolute Gasteiger partial charge is 0.494 e. The first kappa shape index (κ1) is 24.7. The highest BCUT2D eigenvalue weighted by molar-refractivity contribution is 9.10. The Hall–Kier alpha value is -3.42. The summed E-state index contributed by atoms with van der Waals surface area (Å²) in [5.74, 6) is 1.16. The number of aryl methyl sites for hydroxylation is 1. The first-order valence-electron chi connectivity index (χ1n) is 10.3. The minimum absolute atomic E-state index is 0.146. The fraction of sp³-hybridized carbons (Fsp3) is 0.227. The second-order valence-corrected chi connectivity index (χ2v) is 10.1. The predicted molar refractivity (Wildman–Crippen MR) is 131 cm³/mol. The Morgan fingerprint density at radius 2 is 1.83 bits per heavy atom. The standard InChI is InChI=1S/C22H22BrN5O6S/c1-13-7-10-19(34-13)21-25-26-22(28(21)20-17(32-2)5-4-6-18(20)33-3)27-35(30,31)12-16(29)15-9-8-14(23)11-24-15/h4-11,16,29H,12H2,1-3H3,(H,26,27)/t16-/m0/s1. The van der Waals surface area contributed by atoms with Crippen LogP contribution in [0.3, 0.4) is 0 Å². The third-order valence-electron chi connectivity index (χ3n) is 4.96. The molecule has 3 aromatic heterocycles. The Morgan fingerprint density at radius 1 is 1.11 bits per heavy atom. The van der Waals surface area contributed by atoms with E-state index in [1.54, 1.807) is 43.3 Å². The summed E-state index contributed by atoms with van der Waals surface area (Å²) in [6.45, 7) is 1.77. The van der Waals surface area contributed by atoms with E-state index in [0.717, 1.165) is 0 Å². The van der Waals surface area contributed by atoms with Crippen molar-refractivity contribution in [3.8, 4) is 28.8 Å². The number of nitrogens with one attached hydrogen (secondary N) is 1. The molecule has 11 nitrogen and oxygen atoms in total. The summed E-state index contributed by atoms with van der Waals surface area (Å²) in [5, 5.41) is 18.7. The van der Waals surface area contributed by atoms with Gasteiger partial charge in [-0.3, -0.25) is 14.3 Å². The van der Waals surface area contributed by atoms with Crippen LogP contribution in [0, 0.1) is 6.92 Å². The maximum absolute atomic E-state index is 13.0. The average molecular weight is 564 g/mol. The molecule has 13 heteroatoms. The molecule has 0 spiro atoms. The van der Waals surface area contributed by atoms with Crippen LogP contribution in [0.5, 0.6) is 11.5 Å². The van der Waals surface area contributed by atoms with Crippen LogP contribution >= 0.6 is 15.9 Å². The quantitative estimate of drug-likeness (QED) is 0.313. The number of nitrogens with zero attached hydrogens (tertiary/aromatic N) is 4. The van der Waals surface area contributed by atoms with Gasteiger partial charge in [0.25, 0.3) is 0 Å². The summed E-state index contributed by atoms with van der Waals surface area (Å²) in [4.78, 5) is 4.06. The Labute approximate surface area is 209 Å². The smallest absolute Gasteiger partial charge is 0.243 e. The molecule has 4 aromatic rings. The van der Waals surface area contributed by atoms with Gasteiger partial charge in [0.1, 0.15) is 34.8 Å². The number of anilines is 1. The predicted octanol–water partition coefficient (Wildman–Crippen LogP) is 3.49.